The molecule has 1 saturated heterocycles. The number of morpholine rings is 1. The van der Waals surface area contributed by atoms with E-state index in [9.17, 15) is 0 Å². The van der Waals surface area contributed by atoms with E-state index in [1.54, 1.807) is 7.11 Å². The van der Waals surface area contributed by atoms with Crippen molar-refractivity contribution in [2.75, 3.05) is 60.2 Å². The van der Waals surface area contributed by atoms with Gasteiger partial charge in [-0.05, 0) is 30.6 Å². The summed E-state index contributed by atoms with van der Waals surface area (Å²) in [7, 11) is 3.67. The zero-order valence-electron chi connectivity index (χ0n) is 17.4. The second kappa shape index (κ2) is 11.1. The number of aliphatic imine (C=N–C) groups is 1. The van der Waals surface area contributed by atoms with Crippen LogP contribution in [-0.4, -0.2) is 77.1 Å². The van der Waals surface area contributed by atoms with Crippen LogP contribution in [0.25, 0.3) is 0 Å². The molecule has 0 radical (unpaired) electrons. The molecule has 6 heteroatoms. The first-order valence-corrected chi connectivity index (χ1v) is 10.4. The minimum absolute atomic E-state index is 0.370. The number of rotatable bonds is 9. The Morgan fingerprint density at radius 2 is 1.88 bits per heavy atom. The summed E-state index contributed by atoms with van der Waals surface area (Å²) in [5.74, 6) is 1.52. The van der Waals surface area contributed by atoms with E-state index in [-0.39, 0.29) is 0 Å². The van der Waals surface area contributed by atoms with Crippen LogP contribution in [0, 0.1) is 11.3 Å². The van der Waals surface area contributed by atoms with Crippen molar-refractivity contribution >= 4 is 5.96 Å². The molecule has 1 unspecified atom stereocenters. The summed E-state index contributed by atoms with van der Waals surface area (Å²) in [6.07, 6.45) is 6.40. The second-order valence-electron chi connectivity index (χ2n) is 8.22. The molecule has 152 valence electrons. The number of nitrogens with zero attached hydrogens (tertiary/aromatic N) is 2. The highest BCUT2D eigenvalue weighted by Crippen LogP contribution is 2.40. The first-order valence-electron chi connectivity index (χ1n) is 10.4. The molecular weight excluding hydrogens is 328 g/mol. The maximum absolute atomic E-state index is 5.51. The third-order valence-electron chi connectivity index (χ3n) is 6.12. The highest BCUT2D eigenvalue weighted by atomic mass is 16.5. The summed E-state index contributed by atoms with van der Waals surface area (Å²) in [5.41, 5.74) is 0.370. The normalized spacial score (nSPS) is 22.6. The van der Waals surface area contributed by atoms with Crippen molar-refractivity contribution in [1.82, 2.24) is 15.5 Å². The average molecular weight is 369 g/mol. The van der Waals surface area contributed by atoms with Gasteiger partial charge >= 0.3 is 0 Å². The molecule has 0 aromatic heterocycles. The number of hydrogen-bond donors (Lipinski definition) is 2. The molecule has 26 heavy (non-hydrogen) atoms. The molecule has 2 fully saturated rings. The maximum atomic E-state index is 5.51. The van der Waals surface area contributed by atoms with E-state index < -0.39 is 0 Å². The van der Waals surface area contributed by atoms with Crippen LogP contribution in [0.3, 0.4) is 0 Å². The molecule has 1 atom stereocenters. The van der Waals surface area contributed by atoms with Crippen LogP contribution in [0.5, 0.6) is 0 Å². The Bertz CT molecular complexity index is 416. The van der Waals surface area contributed by atoms with Gasteiger partial charge in [0, 0.05) is 53.0 Å². The van der Waals surface area contributed by atoms with Gasteiger partial charge in [0.1, 0.15) is 0 Å². The van der Waals surface area contributed by atoms with Crippen LogP contribution >= 0.6 is 0 Å². The minimum atomic E-state index is 0.370. The number of methoxy groups -OCH3 is 1. The molecule has 6 nitrogen and oxygen atoms in total. The maximum Gasteiger partial charge on any atom is 0.191 e. The zero-order valence-corrected chi connectivity index (χ0v) is 17.4. The highest BCUT2D eigenvalue weighted by molar-refractivity contribution is 5.79. The molecule has 1 heterocycles. The van der Waals surface area contributed by atoms with Gasteiger partial charge in [-0.3, -0.25) is 9.89 Å². The Morgan fingerprint density at radius 3 is 2.46 bits per heavy atom. The molecule has 0 spiro atoms. The molecule has 2 aliphatic rings. The van der Waals surface area contributed by atoms with Gasteiger partial charge in [0.25, 0.3) is 0 Å². The van der Waals surface area contributed by atoms with Crippen LogP contribution < -0.4 is 10.6 Å². The van der Waals surface area contributed by atoms with Gasteiger partial charge in [-0.1, -0.05) is 26.7 Å². The lowest BCUT2D eigenvalue weighted by atomic mass is 9.83. The first-order chi connectivity index (χ1) is 12.6. The summed E-state index contributed by atoms with van der Waals surface area (Å²) >= 11 is 0. The molecule has 2 rings (SSSR count). The van der Waals surface area contributed by atoms with Gasteiger partial charge < -0.3 is 20.1 Å². The largest absolute Gasteiger partial charge is 0.385 e. The van der Waals surface area contributed by atoms with E-state index in [2.05, 4.69) is 34.4 Å². The van der Waals surface area contributed by atoms with Crippen molar-refractivity contribution < 1.29 is 9.47 Å². The highest BCUT2D eigenvalue weighted by Gasteiger charge is 2.33. The number of ether oxygens (including phenoxy) is 2. The SMILES string of the molecule is CN=C(NCC(C(C)C)N1CCOCC1)NCC1(CCOC)CCCC1. The molecule has 0 aromatic rings. The lowest BCUT2D eigenvalue weighted by Crippen LogP contribution is -2.53. The van der Waals surface area contributed by atoms with E-state index in [0.29, 0.717) is 17.4 Å². The molecule has 0 amide bonds. The van der Waals surface area contributed by atoms with Crippen molar-refractivity contribution in [2.24, 2.45) is 16.3 Å². The van der Waals surface area contributed by atoms with Crippen LogP contribution in [0.15, 0.2) is 4.99 Å². The molecule has 1 aliphatic carbocycles. The van der Waals surface area contributed by atoms with Gasteiger partial charge in [-0.2, -0.15) is 0 Å². The zero-order chi connectivity index (χ0) is 18.8. The van der Waals surface area contributed by atoms with Gasteiger partial charge in [0.05, 0.1) is 13.2 Å². The Kier molecular flexibility index (Phi) is 9.16. The first kappa shape index (κ1) is 21.5. The van der Waals surface area contributed by atoms with Crippen molar-refractivity contribution in [1.29, 1.82) is 0 Å². The Morgan fingerprint density at radius 1 is 1.19 bits per heavy atom. The average Bonchev–Trinajstić information content (AvgIpc) is 3.12. The van der Waals surface area contributed by atoms with Crippen LogP contribution in [0.1, 0.15) is 46.0 Å². The molecule has 2 N–H and O–H groups in total. The summed E-state index contributed by atoms with van der Waals surface area (Å²) in [5, 5.41) is 7.17. The number of nitrogens with one attached hydrogen (secondary N) is 2. The van der Waals surface area contributed by atoms with Crippen molar-refractivity contribution in [3.8, 4) is 0 Å². The molecule has 0 aromatic carbocycles. The Balaban J connectivity index is 1.83. The quantitative estimate of drug-likeness (QED) is 0.482. The van der Waals surface area contributed by atoms with E-state index in [4.69, 9.17) is 9.47 Å². The fourth-order valence-corrected chi connectivity index (χ4v) is 4.35. The monoisotopic (exact) mass is 368 g/mol. The lowest BCUT2D eigenvalue weighted by Gasteiger charge is -2.37. The van der Waals surface area contributed by atoms with Gasteiger partial charge in [-0.25, -0.2) is 0 Å². The van der Waals surface area contributed by atoms with E-state index in [1.807, 2.05) is 7.05 Å². The minimum Gasteiger partial charge on any atom is -0.385 e. The van der Waals surface area contributed by atoms with Gasteiger partial charge in [-0.15, -0.1) is 0 Å². The Hall–Kier alpha value is -0.850. The van der Waals surface area contributed by atoms with Gasteiger partial charge in [0.2, 0.25) is 0 Å². The van der Waals surface area contributed by atoms with E-state index in [1.165, 1.54) is 25.7 Å². The van der Waals surface area contributed by atoms with Crippen LogP contribution in [0.4, 0.5) is 0 Å². The second-order valence-corrected chi connectivity index (χ2v) is 8.22. The Labute approximate surface area is 160 Å². The van der Waals surface area contributed by atoms with Crippen molar-refractivity contribution in [2.45, 2.75) is 52.0 Å². The predicted molar refractivity (Wildman–Crippen MR) is 108 cm³/mol. The molecular formula is C20H40N4O2. The van der Waals surface area contributed by atoms with E-state index >= 15 is 0 Å². The topological polar surface area (TPSA) is 58.1 Å². The van der Waals surface area contributed by atoms with E-state index in [0.717, 1.165) is 58.4 Å². The third-order valence-corrected chi connectivity index (χ3v) is 6.12. The van der Waals surface area contributed by atoms with Crippen molar-refractivity contribution in [3.63, 3.8) is 0 Å². The van der Waals surface area contributed by atoms with Gasteiger partial charge in [0.15, 0.2) is 5.96 Å². The molecule has 1 aliphatic heterocycles. The predicted octanol–water partition coefficient (Wildman–Crippen LogP) is 2.11. The fraction of sp³-hybridized carbons (Fsp3) is 0.950. The summed E-state index contributed by atoms with van der Waals surface area (Å²) in [6, 6.07) is 0.506. The van der Waals surface area contributed by atoms with Crippen molar-refractivity contribution in [3.05, 3.63) is 0 Å². The van der Waals surface area contributed by atoms with Crippen LogP contribution in [-0.2, 0) is 9.47 Å². The third kappa shape index (κ3) is 6.39. The number of hydrogen-bond acceptors (Lipinski definition) is 4. The summed E-state index contributed by atoms with van der Waals surface area (Å²) < 4.78 is 10.9. The van der Waals surface area contributed by atoms with Crippen LogP contribution in [0.2, 0.25) is 0 Å². The number of guanidine groups is 1. The molecule has 0 bridgehead atoms. The summed E-state index contributed by atoms with van der Waals surface area (Å²) in [6.45, 7) is 11.1. The summed E-state index contributed by atoms with van der Waals surface area (Å²) in [4.78, 5) is 7.00. The standard InChI is InChI=1S/C20H40N4O2/c1-17(2)18(24-10-13-26-14-11-24)15-22-19(21-3)23-16-20(9-12-25-4)7-5-6-8-20/h17-18H,5-16H2,1-4H3,(H2,21,22,23). The lowest BCUT2D eigenvalue weighted by molar-refractivity contribution is 0.00751. The fourth-order valence-electron chi connectivity index (χ4n) is 4.35. The smallest absolute Gasteiger partial charge is 0.191 e. The molecule has 1 saturated carbocycles.